The van der Waals surface area contributed by atoms with Crippen LogP contribution in [0.25, 0.3) is 0 Å². The molecule has 16 heavy (non-hydrogen) atoms. The summed E-state index contributed by atoms with van der Waals surface area (Å²) in [6, 6.07) is 0.329. The maximum Gasteiger partial charge on any atom is 0.410 e. The Hall–Kier alpha value is -0.770. The predicted octanol–water partition coefficient (Wildman–Crippen LogP) is 2.37. The number of amides is 1. The summed E-state index contributed by atoms with van der Waals surface area (Å²) in [5.41, 5.74) is 5.25. The lowest BCUT2D eigenvalue weighted by Crippen LogP contribution is -2.39. The molecular weight excluding hydrogens is 204 g/mol. The number of carbonyl (C=O) groups is 1. The van der Waals surface area contributed by atoms with Crippen molar-refractivity contribution in [2.75, 3.05) is 7.05 Å². The third-order valence-corrected chi connectivity index (χ3v) is 2.38. The van der Waals surface area contributed by atoms with Gasteiger partial charge < -0.3 is 15.4 Å². The van der Waals surface area contributed by atoms with Gasteiger partial charge >= 0.3 is 6.09 Å². The van der Waals surface area contributed by atoms with Crippen LogP contribution in [0.2, 0.25) is 0 Å². The molecule has 0 aliphatic rings. The van der Waals surface area contributed by atoms with Gasteiger partial charge in [-0.3, -0.25) is 0 Å². The zero-order valence-corrected chi connectivity index (χ0v) is 11.4. The molecule has 4 heteroatoms. The van der Waals surface area contributed by atoms with Crippen molar-refractivity contribution in [1.82, 2.24) is 4.90 Å². The quantitative estimate of drug-likeness (QED) is 0.806. The SMILES string of the molecule is CC(N)CCC(C)N(C)C(=O)OC(C)(C)C. The Bertz CT molecular complexity index is 222. The van der Waals surface area contributed by atoms with Gasteiger partial charge in [0.15, 0.2) is 0 Å². The van der Waals surface area contributed by atoms with Crippen molar-refractivity contribution in [2.45, 2.75) is 65.1 Å². The van der Waals surface area contributed by atoms with E-state index in [9.17, 15) is 4.79 Å². The molecule has 0 heterocycles. The van der Waals surface area contributed by atoms with Gasteiger partial charge in [-0.25, -0.2) is 4.79 Å². The molecule has 2 atom stereocenters. The minimum atomic E-state index is -0.438. The highest BCUT2D eigenvalue weighted by atomic mass is 16.6. The van der Waals surface area contributed by atoms with Crippen LogP contribution in [0.5, 0.6) is 0 Å². The highest BCUT2D eigenvalue weighted by Crippen LogP contribution is 2.13. The Kier molecular flexibility index (Phi) is 5.79. The summed E-state index contributed by atoms with van der Waals surface area (Å²) in [4.78, 5) is 13.3. The van der Waals surface area contributed by atoms with Crippen molar-refractivity contribution in [2.24, 2.45) is 5.73 Å². The molecule has 96 valence electrons. The van der Waals surface area contributed by atoms with Crippen LogP contribution >= 0.6 is 0 Å². The van der Waals surface area contributed by atoms with Crippen molar-refractivity contribution < 1.29 is 9.53 Å². The van der Waals surface area contributed by atoms with Crippen LogP contribution in [0.1, 0.15) is 47.5 Å². The van der Waals surface area contributed by atoms with Crippen LogP contribution in [0, 0.1) is 0 Å². The fourth-order valence-electron chi connectivity index (χ4n) is 1.21. The van der Waals surface area contributed by atoms with E-state index in [0.29, 0.717) is 0 Å². The molecule has 0 bridgehead atoms. The van der Waals surface area contributed by atoms with Crippen molar-refractivity contribution in [3.63, 3.8) is 0 Å². The fourth-order valence-corrected chi connectivity index (χ4v) is 1.21. The lowest BCUT2D eigenvalue weighted by Gasteiger charge is -2.29. The molecule has 0 radical (unpaired) electrons. The average Bonchev–Trinajstić information content (AvgIpc) is 2.10. The van der Waals surface area contributed by atoms with Crippen LogP contribution in [-0.4, -0.2) is 35.7 Å². The lowest BCUT2D eigenvalue weighted by atomic mass is 10.1. The summed E-state index contributed by atoms with van der Waals surface area (Å²) in [6.45, 7) is 9.58. The number of carbonyl (C=O) groups excluding carboxylic acids is 1. The second-order valence-corrected chi connectivity index (χ2v) is 5.49. The van der Waals surface area contributed by atoms with Gasteiger partial charge in [-0.15, -0.1) is 0 Å². The second-order valence-electron chi connectivity index (χ2n) is 5.49. The molecule has 0 aliphatic heterocycles. The van der Waals surface area contributed by atoms with Crippen molar-refractivity contribution in [1.29, 1.82) is 0 Å². The molecule has 0 aromatic heterocycles. The monoisotopic (exact) mass is 230 g/mol. The van der Waals surface area contributed by atoms with Crippen LogP contribution in [0.3, 0.4) is 0 Å². The number of nitrogens with zero attached hydrogens (tertiary/aromatic N) is 1. The zero-order valence-electron chi connectivity index (χ0n) is 11.4. The third-order valence-electron chi connectivity index (χ3n) is 2.38. The van der Waals surface area contributed by atoms with Crippen LogP contribution < -0.4 is 5.73 Å². The van der Waals surface area contributed by atoms with Gasteiger partial charge in [-0.1, -0.05) is 0 Å². The molecule has 0 fully saturated rings. The maximum absolute atomic E-state index is 11.7. The Labute approximate surface area is 99.1 Å². The van der Waals surface area contributed by atoms with E-state index in [1.54, 1.807) is 11.9 Å². The first kappa shape index (κ1) is 15.2. The van der Waals surface area contributed by atoms with Gasteiger partial charge in [-0.05, 0) is 47.5 Å². The van der Waals surface area contributed by atoms with E-state index in [2.05, 4.69) is 0 Å². The number of nitrogens with two attached hydrogens (primary N) is 1. The van der Waals surface area contributed by atoms with Crippen molar-refractivity contribution >= 4 is 6.09 Å². The van der Waals surface area contributed by atoms with Gasteiger partial charge in [0.1, 0.15) is 5.60 Å². The molecule has 0 rings (SSSR count). The highest BCUT2D eigenvalue weighted by Gasteiger charge is 2.22. The van der Waals surface area contributed by atoms with Crippen molar-refractivity contribution in [3.05, 3.63) is 0 Å². The fraction of sp³-hybridized carbons (Fsp3) is 0.917. The molecule has 0 saturated heterocycles. The number of ether oxygens (including phenoxy) is 1. The van der Waals surface area contributed by atoms with Gasteiger partial charge in [0.05, 0.1) is 0 Å². The van der Waals surface area contributed by atoms with Crippen LogP contribution in [0.15, 0.2) is 0 Å². The summed E-state index contributed by atoms with van der Waals surface area (Å²) in [5, 5.41) is 0. The molecule has 0 saturated carbocycles. The smallest absolute Gasteiger partial charge is 0.410 e. The van der Waals surface area contributed by atoms with Gasteiger partial charge in [-0.2, -0.15) is 0 Å². The molecule has 4 nitrogen and oxygen atoms in total. The van der Waals surface area contributed by atoms with Crippen LogP contribution in [0.4, 0.5) is 4.79 Å². The molecule has 0 aromatic rings. The Balaban J connectivity index is 4.12. The Morgan fingerprint density at radius 1 is 1.31 bits per heavy atom. The molecule has 1 amide bonds. The topological polar surface area (TPSA) is 55.6 Å². The Morgan fingerprint density at radius 3 is 2.19 bits per heavy atom. The Morgan fingerprint density at radius 2 is 1.81 bits per heavy atom. The van der Waals surface area contributed by atoms with E-state index < -0.39 is 5.60 Å². The van der Waals surface area contributed by atoms with Crippen LogP contribution in [-0.2, 0) is 4.74 Å². The van der Waals surface area contributed by atoms with Gasteiger partial charge in [0, 0.05) is 19.1 Å². The molecule has 0 aliphatic carbocycles. The third kappa shape index (κ3) is 6.67. The summed E-state index contributed by atoms with van der Waals surface area (Å²) in [6.07, 6.45) is 1.53. The maximum atomic E-state index is 11.7. The molecule has 2 unspecified atom stereocenters. The van der Waals surface area contributed by atoms with E-state index >= 15 is 0 Å². The number of hydrogen-bond acceptors (Lipinski definition) is 3. The standard InChI is InChI=1S/C12H26N2O2/c1-9(13)7-8-10(2)14(6)11(15)16-12(3,4)5/h9-10H,7-8,13H2,1-6H3. The van der Waals surface area contributed by atoms with E-state index in [1.165, 1.54) is 0 Å². The van der Waals surface area contributed by atoms with Gasteiger partial charge in [0.2, 0.25) is 0 Å². The predicted molar refractivity (Wildman–Crippen MR) is 66.3 cm³/mol. The second kappa shape index (κ2) is 6.09. The first-order chi connectivity index (χ1) is 7.13. The lowest BCUT2D eigenvalue weighted by molar-refractivity contribution is 0.0227. The van der Waals surface area contributed by atoms with E-state index in [0.717, 1.165) is 12.8 Å². The summed E-state index contributed by atoms with van der Waals surface area (Å²) < 4.78 is 5.28. The highest BCUT2D eigenvalue weighted by molar-refractivity contribution is 5.68. The van der Waals surface area contributed by atoms with E-state index in [-0.39, 0.29) is 18.2 Å². The van der Waals surface area contributed by atoms with E-state index in [1.807, 2.05) is 34.6 Å². The summed E-state index contributed by atoms with van der Waals surface area (Å²) >= 11 is 0. The summed E-state index contributed by atoms with van der Waals surface area (Å²) in [5.74, 6) is 0. The normalized spacial score (nSPS) is 15.4. The van der Waals surface area contributed by atoms with Crippen molar-refractivity contribution in [3.8, 4) is 0 Å². The first-order valence-electron chi connectivity index (χ1n) is 5.85. The minimum absolute atomic E-state index is 0.154. The summed E-state index contributed by atoms with van der Waals surface area (Å²) in [7, 11) is 1.76. The largest absolute Gasteiger partial charge is 0.444 e. The molecular formula is C12H26N2O2. The van der Waals surface area contributed by atoms with E-state index in [4.69, 9.17) is 10.5 Å². The minimum Gasteiger partial charge on any atom is -0.444 e. The number of hydrogen-bond donors (Lipinski definition) is 1. The molecule has 2 N–H and O–H groups in total. The number of rotatable bonds is 4. The van der Waals surface area contributed by atoms with Gasteiger partial charge in [0.25, 0.3) is 0 Å². The first-order valence-corrected chi connectivity index (χ1v) is 5.85. The molecule has 0 spiro atoms. The average molecular weight is 230 g/mol. The molecule has 0 aromatic carbocycles. The zero-order chi connectivity index (χ0) is 12.9.